The predicted molar refractivity (Wildman–Crippen MR) is 92.8 cm³/mol. The van der Waals surface area contributed by atoms with Gasteiger partial charge < -0.3 is 20.1 Å². The van der Waals surface area contributed by atoms with E-state index >= 15 is 0 Å². The van der Waals surface area contributed by atoms with Crippen molar-refractivity contribution >= 4 is 17.4 Å². The molecule has 6 nitrogen and oxygen atoms in total. The van der Waals surface area contributed by atoms with E-state index in [4.69, 9.17) is 9.47 Å². The first-order valence-corrected chi connectivity index (χ1v) is 8.72. The Morgan fingerprint density at radius 2 is 2.17 bits per heavy atom. The largest absolute Gasteiger partial charge is 0.444 e. The molecule has 0 spiro atoms. The number of hydrogen-bond acceptors (Lipinski definition) is 6. The summed E-state index contributed by atoms with van der Waals surface area (Å²) in [7, 11) is 1.70. The number of rotatable bonds is 9. The fraction of sp³-hybridized carbons (Fsp3) is 0.750. The van der Waals surface area contributed by atoms with Crippen LogP contribution >= 0.6 is 11.3 Å². The number of nitrogens with one attached hydrogen (secondary N) is 2. The highest BCUT2D eigenvalue weighted by Gasteiger charge is 2.15. The van der Waals surface area contributed by atoms with Crippen LogP contribution < -0.4 is 10.6 Å². The third kappa shape index (κ3) is 9.53. The van der Waals surface area contributed by atoms with Gasteiger partial charge in [-0.15, -0.1) is 11.3 Å². The van der Waals surface area contributed by atoms with Crippen molar-refractivity contribution in [2.75, 3.05) is 20.3 Å². The van der Waals surface area contributed by atoms with Gasteiger partial charge in [0.15, 0.2) is 0 Å². The van der Waals surface area contributed by atoms with E-state index in [9.17, 15) is 4.79 Å². The molecule has 1 rings (SSSR count). The zero-order chi connectivity index (χ0) is 17.3. The molecule has 1 amide bonds. The average molecular weight is 343 g/mol. The minimum Gasteiger partial charge on any atom is -0.444 e. The molecule has 0 radical (unpaired) electrons. The van der Waals surface area contributed by atoms with Crippen molar-refractivity contribution in [1.82, 2.24) is 15.6 Å². The zero-order valence-electron chi connectivity index (χ0n) is 14.8. The van der Waals surface area contributed by atoms with Gasteiger partial charge in [-0.3, -0.25) is 0 Å². The molecule has 0 aliphatic carbocycles. The number of carbonyl (C=O) groups is 1. The van der Waals surface area contributed by atoms with Crippen LogP contribution in [0.5, 0.6) is 0 Å². The number of aryl methyl sites for hydroxylation is 1. The summed E-state index contributed by atoms with van der Waals surface area (Å²) in [5.41, 5.74) is -0.461. The molecule has 132 valence electrons. The maximum Gasteiger partial charge on any atom is 0.407 e. The van der Waals surface area contributed by atoms with Crippen LogP contribution in [0.15, 0.2) is 6.20 Å². The predicted octanol–water partition coefficient (Wildman–Crippen LogP) is 2.86. The Bertz CT molecular complexity index is 471. The Morgan fingerprint density at radius 3 is 2.74 bits per heavy atom. The van der Waals surface area contributed by atoms with Gasteiger partial charge in [0.25, 0.3) is 0 Å². The van der Waals surface area contributed by atoms with Crippen molar-refractivity contribution in [1.29, 1.82) is 0 Å². The van der Waals surface area contributed by atoms with E-state index in [-0.39, 0.29) is 12.1 Å². The maximum atomic E-state index is 11.6. The van der Waals surface area contributed by atoms with Gasteiger partial charge >= 0.3 is 6.09 Å². The number of thiazole rings is 1. The Balaban J connectivity index is 2.23. The number of aromatic nitrogens is 1. The molecule has 0 bridgehead atoms. The lowest BCUT2D eigenvalue weighted by molar-refractivity contribution is 0.0526. The van der Waals surface area contributed by atoms with Crippen molar-refractivity contribution in [3.8, 4) is 0 Å². The normalized spacial score (nSPS) is 12.9. The molecule has 1 heterocycles. The van der Waals surface area contributed by atoms with Gasteiger partial charge in [-0.25, -0.2) is 9.78 Å². The first-order chi connectivity index (χ1) is 10.8. The highest BCUT2D eigenvalue weighted by molar-refractivity contribution is 7.11. The highest BCUT2D eigenvalue weighted by atomic mass is 32.1. The van der Waals surface area contributed by atoms with Crippen molar-refractivity contribution in [3.05, 3.63) is 16.1 Å². The van der Waals surface area contributed by atoms with E-state index in [0.717, 1.165) is 24.4 Å². The number of carbonyl (C=O) groups excluding carboxylic acids is 1. The van der Waals surface area contributed by atoms with E-state index in [2.05, 4.69) is 15.6 Å². The number of amides is 1. The quantitative estimate of drug-likeness (QED) is 0.675. The molecule has 0 aliphatic rings. The molecule has 1 unspecified atom stereocenters. The van der Waals surface area contributed by atoms with Crippen LogP contribution in [0.25, 0.3) is 0 Å². The fourth-order valence-electron chi connectivity index (χ4n) is 2.03. The number of nitrogens with zero attached hydrogens (tertiary/aromatic N) is 1. The van der Waals surface area contributed by atoms with Gasteiger partial charge in [-0.1, -0.05) is 0 Å². The molecule has 0 saturated carbocycles. The Kier molecular flexibility index (Phi) is 8.51. The summed E-state index contributed by atoms with van der Waals surface area (Å²) in [6, 6.07) is 0.253. The van der Waals surface area contributed by atoms with Crippen LogP contribution in [0.2, 0.25) is 0 Å². The summed E-state index contributed by atoms with van der Waals surface area (Å²) in [6.45, 7) is 9.59. The summed E-state index contributed by atoms with van der Waals surface area (Å²) >= 11 is 1.70. The van der Waals surface area contributed by atoms with Crippen molar-refractivity contribution in [3.63, 3.8) is 0 Å². The Hall–Kier alpha value is -1.18. The molecule has 1 atom stereocenters. The molecule has 0 fully saturated rings. The second kappa shape index (κ2) is 9.85. The number of hydrogen-bond donors (Lipinski definition) is 2. The zero-order valence-corrected chi connectivity index (χ0v) is 15.6. The minimum atomic E-state index is -0.461. The lowest BCUT2D eigenvalue weighted by Crippen LogP contribution is -2.35. The monoisotopic (exact) mass is 343 g/mol. The second-order valence-electron chi connectivity index (χ2n) is 6.45. The van der Waals surface area contributed by atoms with Crippen LogP contribution in [0, 0.1) is 6.92 Å². The molecule has 0 saturated heterocycles. The topological polar surface area (TPSA) is 72.5 Å². The molecule has 0 aromatic carbocycles. The number of alkyl carbamates (subject to hydrolysis) is 1. The van der Waals surface area contributed by atoms with Gasteiger partial charge in [0.05, 0.1) is 11.6 Å². The van der Waals surface area contributed by atoms with Crippen LogP contribution in [0.4, 0.5) is 4.79 Å². The lowest BCUT2D eigenvalue weighted by atomic mass is 10.1. The van der Waals surface area contributed by atoms with E-state index in [1.165, 1.54) is 4.88 Å². The van der Waals surface area contributed by atoms with Crippen LogP contribution in [0.3, 0.4) is 0 Å². The Morgan fingerprint density at radius 1 is 1.43 bits per heavy atom. The SMILES string of the molecule is COCC(CCCNC(=O)OC(C)(C)C)NCc1cnc(C)s1. The second-order valence-corrected chi connectivity index (χ2v) is 7.77. The fourth-order valence-corrected chi connectivity index (χ4v) is 2.78. The average Bonchev–Trinajstić information content (AvgIpc) is 2.84. The first-order valence-electron chi connectivity index (χ1n) is 7.90. The minimum absolute atomic E-state index is 0.253. The summed E-state index contributed by atoms with van der Waals surface area (Å²) in [5.74, 6) is 0. The van der Waals surface area contributed by atoms with Crippen LogP contribution in [-0.4, -0.2) is 43.0 Å². The number of ether oxygens (including phenoxy) is 2. The molecule has 1 aromatic heterocycles. The summed E-state index contributed by atoms with van der Waals surface area (Å²) < 4.78 is 10.5. The molecule has 1 aromatic rings. The van der Waals surface area contributed by atoms with Crippen LogP contribution in [0.1, 0.15) is 43.5 Å². The van der Waals surface area contributed by atoms with Gasteiger partial charge in [0.1, 0.15) is 5.60 Å². The molecule has 7 heteroatoms. The smallest absolute Gasteiger partial charge is 0.407 e. The maximum absolute atomic E-state index is 11.6. The van der Waals surface area contributed by atoms with Gasteiger partial charge in [-0.05, 0) is 40.5 Å². The van der Waals surface area contributed by atoms with E-state index in [0.29, 0.717) is 13.2 Å². The van der Waals surface area contributed by atoms with E-state index in [1.807, 2.05) is 33.9 Å². The van der Waals surface area contributed by atoms with Gasteiger partial charge in [-0.2, -0.15) is 0 Å². The Labute approximate surface area is 143 Å². The third-order valence-corrected chi connectivity index (χ3v) is 3.91. The highest BCUT2D eigenvalue weighted by Crippen LogP contribution is 2.11. The molecular weight excluding hydrogens is 314 g/mol. The van der Waals surface area contributed by atoms with Crippen LogP contribution in [-0.2, 0) is 16.0 Å². The first kappa shape index (κ1) is 19.9. The van der Waals surface area contributed by atoms with Crippen molar-refractivity contribution in [2.24, 2.45) is 0 Å². The third-order valence-electron chi connectivity index (χ3n) is 3.00. The molecular formula is C16H29N3O3S. The number of methoxy groups -OCH3 is 1. The van der Waals surface area contributed by atoms with Crippen molar-refractivity contribution < 1.29 is 14.3 Å². The summed E-state index contributed by atoms with van der Waals surface area (Å²) in [6.07, 6.45) is 3.32. The standard InChI is InChI=1S/C16H29N3O3S/c1-12-18-9-14(23-12)10-19-13(11-21-5)7-6-8-17-15(20)22-16(2,3)4/h9,13,19H,6-8,10-11H2,1-5H3,(H,17,20). The molecule has 2 N–H and O–H groups in total. The van der Waals surface area contributed by atoms with E-state index in [1.54, 1.807) is 18.4 Å². The molecule has 23 heavy (non-hydrogen) atoms. The van der Waals surface area contributed by atoms with E-state index < -0.39 is 5.60 Å². The van der Waals surface area contributed by atoms with Gasteiger partial charge in [0.2, 0.25) is 0 Å². The summed E-state index contributed by atoms with van der Waals surface area (Å²) in [4.78, 5) is 17.0. The van der Waals surface area contributed by atoms with Gasteiger partial charge in [0, 0.05) is 37.3 Å². The van der Waals surface area contributed by atoms with Crippen molar-refractivity contribution in [2.45, 2.75) is 58.7 Å². The summed E-state index contributed by atoms with van der Waals surface area (Å²) in [5, 5.41) is 7.33. The lowest BCUT2D eigenvalue weighted by Gasteiger charge is -2.20. The molecule has 0 aliphatic heterocycles.